The third kappa shape index (κ3) is 5.66. The fourth-order valence-corrected chi connectivity index (χ4v) is 5.46. The van der Waals surface area contributed by atoms with Crippen molar-refractivity contribution in [3.63, 3.8) is 0 Å². The summed E-state index contributed by atoms with van der Waals surface area (Å²) < 4.78 is 5.57. The van der Waals surface area contributed by atoms with E-state index in [0.29, 0.717) is 74.4 Å². The van der Waals surface area contributed by atoms with E-state index in [1.165, 1.54) is 11.1 Å². The molecule has 0 bridgehead atoms. The Balaban J connectivity index is 1.35. The number of hydrogen-bond donors (Lipinski definition) is 3. The number of hydrogen-bond acceptors (Lipinski definition) is 9. The highest BCUT2D eigenvalue weighted by molar-refractivity contribution is 6.02. The van der Waals surface area contributed by atoms with Crippen LogP contribution in [0.1, 0.15) is 46.4 Å². The maximum atomic E-state index is 13.4. The molecule has 3 amide bonds. The Morgan fingerprint density at radius 3 is 2.95 bits per heavy atom. The van der Waals surface area contributed by atoms with Crippen molar-refractivity contribution in [1.82, 2.24) is 20.2 Å². The molecule has 208 valence electrons. The molecule has 0 radical (unpaired) electrons. The summed E-state index contributed by atoms with van der Waals surface area (Å²) in [7, 11) is 1.65. The minimum atomic E-state index is -0.442. The lowest BCUT2D eigenvalue weighted by Gasteiger charge is -2.31. The van der Waals surface area contributed by atoms with Gasteiger partial charge in [0.25, 0.3) is 0 Å². The number of piperazine rings is 1. The number of rotatable bonds is 7. The van der Waals surface area contributed by atoms with E-state index in [4.69, 9.17) is 4.74 Å². The molecule has 1 aliphatic carbocycles. The molecule has 12 heteroatoms. The molecule has 2 aromatic heterocycles. The van der Waals surface area contributed by atoms with Crippen molar-refractivity contribution in [2.75, 3.05) is 48.8 Å². The van der Waals surface area contributed by atoms with Gasteiger partial charge in [0.05, 0.1) is 29.9 Å². The number of methoxy groups -OCH3 is 1. The number of aryl methyl sites for hydroxylation is 1. The highest BCUT2D eigenvalue weighted by Crippen LogP contribution is 2.31. The SMILES string of the molecule is C=C1CC(Nc2cc(NC(=O)N3CCCc4cc(CN5CCNCC5=O)c(C=O)nc43)ncc2C#N)C(OC)C1. The number of nitriles is 1. The third-order valence-corrected chi connectivity index (χ3v) is 7.53. The van der Waals surface area contributed by atoms with Gasteiger partial charge in [-0.05, 0) is 37.3 Å². The monoisotopic (exact) mass is 544 g/mol. The van der Waals surface area contributed by atoms with Crippen LogP contribution in [0.15, 0.2) is 30.5 Å². The molecule has 3 N–H and O–H groups in total. The van der Waals surface area contributed by atoms with Crippen molar-refractivity contribution >= 4 is 35.5 Å². The topological polar surface area (TPSA) is 153 Å². The highest BCUT2D eigenvalue weighted by atomic mass is 16.5. The number of nitrogens with zero attached hydrogens (tertiary/aromatic N) is 5. The minimum absolute atomic E-state index is 0.0267. The summed E-state index contributed by atoms with van der Waals surface area (Å²) in [6, 6.07) is 5.15. The van der Waals surface area contributed by atoms with E-state index in [0.717, 1.165) is 17.6 Å². The third-order valence-electron chi connectivity index (χ3n) is 7.53. The minimum Gasteiger partial charge on any atom is -0.379 e. The number of pyridine rings is 2. The van der Waals surface area contributed by atoms with Crippen LogP contribution < -0.4 is 20.9 Å². The molecule has 0 aromatic carbocycles. The molecular weight excluding hydrogens is 512 g/mol. The van der Waals surface area contributed by atoms with Gasteiger partial charge < -0.3 is 20.3 Å². The Morgan fingerprint density at radius 2 is 2.20 bits per heavy atom. The number of amides is 3. The van der Waals surface area contributed by atoms with Crippen molar-refractivity contribution in [2.45, 2.75) is 44.4 Å². The highest BCUT2D eigenvalue weighted by Gasteiger charge is 2.31. The van der Waals surface area contributed by atoms with E-state index in [2.05, 4.69) is 38.6 Å². The molecule has 0 spiro atoms. The molecule has 2 atom stereocenters. The summed E-state index contributed by atoms with van der Waals surface area (Å²) in [6.07, 6.45) is 4.88. The summed E-state index contributed by atoms with van der Waals surface area (Å²) in [5.74, 6) is 0.663. The Bertz CT molecular complexity index is 1390. The van der Waals surface area contributed by atoms with Crippen molar-refractivity contribution in [1.29, 1.82) is 5.26 Å². The molecule has 40 heavy (non-hydrogen) atoms. The van der Waals surface area contributed by atoms with Crippen molar-refractivity contribution < 1.29 is 19.1 Å². The lowest BCUT2D eigenvalue weighted by Crippen LogP contribution is -2.47. The van der Waals surface area contributed by atoms with E-state index in [9.17, 15) is 19.6 Å². The van der Waals surface area contributed by atoms with Gasteiger partial charge >= 0.3 is 6.03 Å². The Labute approximate surface area is 232 Å². The van der Waals surface area contributed by atoms with E-state index >= 15 is 0 Å². The van der Waals surface area contributed by atoms with E-state index < -0.39 is 6.03 Å². The van der Waals surface area contributed by atoms with Crippen molar-refractivity contribution in [3.8, 4) is 6.07 Å². The second-order valence-corrected chi connectivity index (χ2v) is 10.2. The second kappa shape index (κ2) is 11.8. The number of aldehydes is 1. The first-order valence-corrected chi connectivity index (χ1v) is 13.3. The van der Waals surface area contributed by atoms with Crippen LogP contribution in [0.25, 0.3) is 0 Å². The lowest BCUT2D eigenvalue weighted by molar-refractivity contribution is -0.132. The van der Waals surface area contributed by atoms with E-state index in [1.807, 2.05) is 6.07 Å². The molecular formula is C28H32N8O4. The number of carbonyl (C=O) groups excluding carboxylic acids is 3. The van der Waals surface area contributed by atoms with E-state index in [1.54, 1.807) is 18.1 Å². The summed E-state index contributed by atoms with van der Waals surface area (Å²) in [5, 5.41) is 18.8. The fraction of sp³-hybridized carbons (Fsp3) is 0.429. The van der Waals surface area contributed by atoms with Gasteiger partial charge in [-0.15, -0.1) is 0 Å². The number of aromatic nitrogens is 2. The summed E-state index contributed by atoms with van der Waals surface area (Å²) in [4.78, 5) is 49.6. The normalized spacial score (nSPS) is 20.6. The Hall–Kier alpha value is -4.34. The molecule has 1 saturated carbocycles. The number of carbonyl (C=O) groups is 3. The molecule has 12 nitrogen and oxygen atoms in total. The van der Waals surface area contributed by atoms with Gasteiger partial charge in [-0.3, -0.25) is 19.8 Å². The van der Waals surface area contributed by atoms with Crippen molar-refractivity contribution in [3.05, 3.63) is 52.9 Å². The predicted molar refractivity (Wildman–Crippen MR) is 148 cm³/mol. The van der Waals surface area contributed by atoms with E-state index in [-0.39, 0.29) is 36.1 Å². The van der Waals surface area contributed by atoms with Crippen LogP contribution in [0.4, 0.5) is 22.1 Å². The maximum Gasteiger partial charge on any atom is 0.328 e. The molecule has 2 fully saturated rings. The lowest BCUT2D eigenvalue weighted by atomic mass is 10.0. The fourth-order valence-electron chi connectivity index (χ4n) is 5.46. The smallest absolute Gasteiger partial charge is 0.328 e. The van der Waals surface area contributed by atoms with Gasteiger partial charge in [-0.1, -0.05) is 12.2 Å². The van der Waals surface area contributed by atoms with Crippen LogP contribution in [0, 0.1) is 11.3 Å². The number of nitrogens with one attached hydrogen (secondary N) is 3. The summed E-state index contributed by atoms with van der Waals surface area (Å²) in [5.41, 5.74) is 3.67. The standard InChI is InChI=1S/C28H32N8O4/c1-17-8-22(24(9-17)40-2)32-21-11-25(31-13-20(21)12-29)34-28(39)36-6-3-4-18-10-19(23(16-37)33-27(18)36)15-35-7-5-30-14-26(35)38/h10-11,13,16,22,24,30H,1,3-9,14-15H2,2H3,(H2,31,32,34,39). The maximum absolute atomic E-state index is 13.4. The number of anilines is 3. The van der Waals surface area contributed by atoms with Gasteiger partial charge in [0.2, 0.25) is 5.91 Å². The first-order valence-electron chi connectivity index (χ1n) is 13.3. The Morgan fingerprint density at radius 1 is 1.35 bits per heavy atom. The first-order chi connectivity index (χ1) is 19.4. The van der Waals surface area contributed by atoms with Crippen LogP contribution in [0.3, 0.4) is 0 Å². The van der Waals surface area contributed by atoms with Crippen LogP contribution in [-0.4, -0.2) is 78.5 Å². The zero-order valence-corrected chi connectivity index (χ0v) is 22.4. The van der Waals surface area contributed by atoms with Gasteiger partial charge in [-0.25, -0.2) is 14.8 Å². The van der Waals surface area contributed by atoms with Crippen LogP contribution in [-0.2, 0) is 22.5 Å². The zero-order valence-electron chi connectivity index (χ0n) is 22.4. The Kier molecular flexibility index (Phi) is 8.04. The molecule has 2 aliphatic heterocycles. The molecule has 3 aliphatic rings. The van der Waals surface area contributed by atoms with Crippen LogP contribution in [0.2, 0.25) is 0 Å². The number of urea groups is 1. The zero-order chi connectivity index (χ0) is 28.2. The number of ether oxygens (including phenoxy) is 1. The predicted octanol–water partition coefficient (Wildman–Crippen LogP) is 2.22. The van der Waals surface area contributed by atoms with Gasteiger partial charge in [0.1, 0.15) is 23.4 Å². The molecule has 2 unspecified atom stereocenters. The summed E-state index contributed by atoms with van der Waals surface area (Å²) >= 11 is 0. The second-order valence-electron chi connectivity index (χ2n) is 10.2. The average molecular weight is 545 g/mol. The average Bonchev–Trinajstić information content (AvgIpc) is 3.32. The number of fused-ring (bicyclic) bond motifs is 1. The molecule has 1 saturated heterocycles. The summed E-state index contributed by atoms with van der Waals surface area (Å²) in [6.45, 7) is 6.29. The molecule has 5 rings (SSSR count). The van der Waals surface area contributed by atoms with Gasteiger partial charge in [0, 0.05) is 51.1 Å². The molecule has 4 heterocycles. The van der Waals surface area contributed by atoms with Gasteiger partial charge in [0.15, 0.2) is 6.29 Å². The molecule has 2 aromatic rings. The van der Waals surface area contributed by atoms with Crippen LogP contribution >= 0.6 is 0 Å². The van der Waals surface area contributed by atoms with Crippen LogP contribution in [0.5, 0.6) is 0 Å². The first kappa shape index (κ1) is 27.2. The largest absolute Gasteiger partial charge is 0.379 e. The van der Waals surface area contributed by atoms with Crippen molar-refractivity contribution in [2.24, 2.45) is 0 Å². The van der Waals surface area contributed by atoms with Gasteiger partial charge in [-0.2, -0.15) is 5.26 Å². The quantitative estimate of drug-likeness (QED) is 0.352.